The fraction of sp³-hybridized carbons (Fsp3) is 0.520. The lowest BCUT2D eigenvalue weighted by molar-refractivity contribution is -0.135. The zero-order valence-electron chi connectivity index (χ0n) is 21.9. The van der Waals surface area contributed by atoms with Crippen LogP contribution in [0.2, 0.25) is 0 Å². The van der Waals surface area contributed by atoms with Crippen molar-refractivity contribution in [1.82, 2.24) is 24.7 Å². The Hall–Kier alpha value is -2.68. The highest BCUT2D eigenvalue weighted by atomic mass is 127. The van der Waals surface area contributed by atoms with Crippen molar-refractivity contribution >= 4 is 56.1 Å². The summed E-state index contributed by atoms with van der Waals surface area (Å²) >= 11 is 2.24. The number of rotatable bonds is 7. The third-order valence-electron chi connectivity index (χ3n) is 7.54. The summed E-state index contributed by atoms with van der Waals surface area (Å²) in [5, 5.41) is 5.32. The van der Waals surface area contributed by atoms with Crippen molar-refractivity contribution in [2.24, 2.45) is 0 Å². The number of nitrogens with one attached hydrogen (secondary N) is 2. The van der Waals surface area contributed by atoms with Crippen LogP contribution < -0.4 is 10.6 Å². The molecule has 0 bridgehead atoms. The highest BCUT2D eigenvalue weighted by Gasteiger charge is 2.47. The number of hydrogen-bond acceptors (Lipinski definition) is 6. The summed E-state index contributed by atoms with van der Waals surface area (Å²) in [4.78, 5) is 47.0. The summed E-state index contributed by atoms with van der Waals surface area (Å²) in [5.41, 5.74) is 2.48. The maximum atomic E-state index is 13.7. The maximum absolute atomic E-state index is 13.7. The second kappa shape index (κ2) is 10.8. The van der Waals surface area contributed by atoms with Gasteiger partial charge < -0.3 is 20.4 Å². The highest BCUT2D eigenvalue weighted by molar-refractivity contribution is 14.1. The molecule has 0 unspecified atom stereocenters. The van der Waals surface area contributed by atoms with E-state index in [2.05, 4.69) is 38.2 Å². The van der Waals surface area contributed by atoms with Crippen LogP contribution in [0.3, 0.4) is 0 Å². The van der Waals surface area contributed by atoms with Gasteiger partial charge in [-0.15, -0.1) is 0 Å². The number of piperidine rings is 1. The smallest absolute Gasteiger partial charge is 0.330 e. The predicted octanol–water partition coefficient (Wildman–Crippen LogP) is 2.91. The molecule has 1 saturated heterocycles. The summed E-state index contributed by atoms with van der Waals surface area (Å²) in [7, 11) is -3.72. The van der Waals surface area contributed by atoms with Crippen LogP contribution in [0.15, 0.2) is 30.5 Å². The molecule has 1 fully saturated rings. The van der Waals surface area contributed by atoms with E-state index in [1.807, 2.05) is 12.1 Å². The lowest BCUT2D eigenvalue weighted by atomic mass is 9.98. The van der Waals surface area contributed by atoms with Crippen molar-refractivity contribution in [3.05, 3.63) is 47.5 Å². The van der Waals surface area contributed by atoms with Crippen LogP contribution in [0.4, 0.5) is 15.3 Å². The minimum atomic E-state index is -3.72. The van der Waals surface area contributed by atoms with Crippen LogP contribution in [0.1, 0.15) is 43.8 Å². The number of benzene rings is 1. The molecule has 206 valence electrons. The van der Waals surface area contributed by atoms with Gasteiger partial charge in [-0.2, -0.15) is 0 Å². The SMILES string of the molecule is Cc1ncc2n1C(=O)N(C1CCN(C(=O)[C@H](NC(=O)Nc3ccc(CI)cc3)C(C)(C)S(C)(=O)=O)CC1)C2. The first-order valence-electron chi connectivity index (χ1n) is 12.4. The van der Waals surface area contributed by atoms with Crippen LogP contribution in [-0.2, 0) is 25.6 Å². The maximum Gasteiger partial charge on any atom is 0.330 e. The lowest BCUT2D eigenvalue weighted by Crippen LogP contribution is -2.62. The van der Waals surface area contributed by atoms with Gasteiger partial charge in [0.1, 0.15) is 11.9 Å². The van der Waals surface area contributed by atoms with Crippen molar-refractivity contribution in [3.8, 4) is 0 Å². The van der Waals surface area contributed by atoms with E-state index in [0.717, 1.165) is 21.9 Å². The standard InChI is InChI=1S/C25H33IN6O5S/c1-16-27-14-20-15-31(24(35)32(16)20)19-9-11-30(12-10-19)22(33)21(25(2,3)38(4,36)37)29-23(34)28-18-7-5-17(13-26)6-8-18/h5-8,14,19,21H,9-13,15H2,1-4H3,(H2,28,29,34)/t21-/m0/s1. The average Bonchev–Trinajstić information content (AvgIpc) is 3.41. The second-order valence-electron chi connectivity index (χ2n) is 10.3. The molecular formula is C25H33IN6O5S. The molecule has 0 aliphatic carbocycles. The predicted molar refractivity (Wildman–Crippen MR) is 152 cm³/mol. The number of carbonyl (C=O) groups excluding carboxylic acids is 3. The number of alkyl halides is 1. The Balaban J connectivity index is 1.44. The monoisotopic (exact) mass is 656 g/mol. The molecule has 38 heavy (non-hydrogen) atoms. The number of halogens is 1. The number of fused-ring (bicyclic) bond motifs is 1. The van der Waals surface area contributed by atoms with E-state index < -0.39 is 32.6 Å². The number of imidazole rings is 1. The van der Waals surface area contributed by atoms with E-state index >= 15 is 0 Å². The molecule has 4 amide bonds. The highest BCUT2D eigenvalue weighted by Crippen LogP contribution is 2.28. The molecule has 0 spiro atoms. The Morgan fingerprint density at radius 3 is 2.37 bits per heavy atom. The molecule has 1 aromatic heterocycles. The molecule has 2 N–H and O–H groups in total. The Labute approximate surface area is 236 Å². The first-order chi connectivity index (χ1) is 17.8. The van der Waals surface area contributed by atoms with E-state index in [-0.39, 0.29) is 12.1 Å². The van der Waals surface area contributed by atoms with Crippen LogP contribution in [0, 0.1) is 6.92 Å². The van der Waals surface area contributed by atoms with Crippen molar-refractivity contribution in [3.63, 3.8) is 0 Å². The molecule has 1 atom stereocenters. The number of aromatic nitrogens is 2. The number of carbonyl (C=O) groups is 3. The molecule has 13 heteroatoms. The fourth-order valence-corrected chi connectivity index (χ4v) is 5.92. The van der Waals surface area contributed by atoms with Gasteiger partial charge in [0.05, 0.1) is 23.2 Å². The molecule has 1 aromatic carbocycles. The van der Waals surface area contributed by atoms with Crippen molar-refractivity contribution in [1.29, 1.82) is 0 Å². The van der Waals surface area contributed by atoms with E-state index in [9.17, 15) is 22.8 Å². The summed E-state index contributed by atoms with van der Waals surface area (Å²) in [6.07, 6.45) is 3.87. The van der Waals surface area contributed by atoms with E-state index in [1.54, 1.807) is 39.6 Å². The molecule has 11 nitrogen and oxygen atoms in total. The normalized spacial score (nSPS) is 17.3. The quantitative estimate of drug-likeness (QED) is 0.348. The molecular weight excluding hydrogens is 623 g/mol. The molecule has 0 radical (unpaired) electrons. The van der Waals surface area contributed by atoms with Gasteiger partial charge in [0.2, 0.25) is 5.91 Å². The van der Waals surface area contributed by atoms with Crippen molar-refractivity contribution < 1.29 is 22.8 Å². The topological polar surface area (TPSA) is 134 Å². The molecule has 2 aliphatic heterocycles. The number of likely N-dealkylation sites (tertiary alicyclic amines) is 1. The lowest BCUT2D eigenvalue weighted by Gasteiger charge is -2.40. The summed E-state index contributed by atoms with van der Waals surface area (Å²) in [5.74, 6) is 0.185. The second-order valence-corrected chi connectivity index (χ2v) is 13.7. The summed E-state index contributed by atoms with van der Waals surface area (Å²) < 4.78 is 26.2. The molecule has 2 aliphatic rings. The zero-order chi connectivity index (χ0) is 27.8. The summed E-state index contributed by atoms with van der Waals surface area (Å²) in [6, 6.07) is 5.16. The van der Waals surface area contributed by atoms with Crippen LogP contribution in [0.25, 0.3) is 0 Å². The number of anilines is 1. The van der Waals surface area contributed by atoms with Crippen LogP contribution in [0.5, 0.6) is 0 Å². The van der Waals surface area contributed by atoms with Gasteiger partial charge in [-0.3, -0.25) is 9.36 Å². The minimum Gasteiger partial charge on any atom is -0.341 e. The van der Waals surface area contributed by atoms with Gasteiger partial charge in [-0.05, 0) is 51.3 Å². The number of nitrogens with zero attached hydrogens (tertiary/aromatic N) is 4. The van der Waals surface area contributed by atoms with Crippen LogP contribution >= 0.6 is 22.6 Å². The first-order valence-corrected chi connectivity index (χ1v) is 15.8. The minimum absolute atomic E-state index is 0.0472. The third-order valence-corrected chi connectivity index (χ3v) is 10.6. The Morgan fingerprint density at radius 1 is 1.18 bits per heavy atom. The number of sulfone groups is 1. The van der Waals surface area contributed by atoms with Crippen molar-refractivity contribution in [2.45, 2.75) is 61.4 Å². The number of aryl methyl sites for hydroxylation is 1. The largest absolute Gasteiger partial charge is 0.341 e. The van der Waals surface area contributed by atoms with E-state index in [1.165, 1.54) is 13.8 Å². The Morgan fingerprint density at radius 2 is 1.82 bits per heavy atom. The molecule has 4 rings (SSSR count). The van der Waals surface area contributed by atoms with Gasteiger partial charge in [0, 0.05) is 35.5 Å². The van der Waals surface area contributed by atoms with E-state index in [0.29, 0.717) is 44.0 Å². The molecule has 0 saturated carbocycles. The van der Waals surface area contributed by atoms with E-state index in [4.69, 9.17) is 0 Å². The molecule has 3 heterocycles. The number of urea groups is 1. The fourth-order valence-electron chi connectivity index (χ4n) is 4.82. The Kier molecular flexibility index (Phi) is 8.07. The van der Waals surface area contributed by atoms with Gasteiger partial charge in [-0.1, -0.05) is 34.7 Å². The zero-order valence-corrected chi connectivity index (χ0v) is 24.9. The number of amides is 4. The van der Waals surface area contributed by atoms with Gasteiger partial charge in [-0.25, -0.2) is 23.0 Å². The number of hydrogen-bond donors (Lipinski definition) is 2. The Bertz CT molecular complexity index is 1330. The third kappa shape index (κ3) is 5.53. The van der Waals surface area contributed by atoms with Gasteiger partial charge >= 0.3 is 12.1 Å². The molecule has 2 aromatic rings. The van der Waals surface area contributed by atoms with Gasteiger partial charge in [0.25, 0.3) is 0 Å². The average molecular weight is 657 g/mol. The summed E-state index contributed by atoms with van der Waals surface area (Å²) in [6.45, 7) is 5.84. The van der Waals surface area contributed by atoms with Crippen molar-refractivity contribution in [2.75, 3.05) is 24.7 Å². The first kappa shape index (κ1) is 28.3. The van der Waals surface area contributed by atoms with Gasteiger partial charge in [0.15, 0.2) is 9.84 Å². The van der Waals surface area contributed by atoms with Crippen LogP contribution in [-0.4, -0.2) is 81.9 Å².